The third-order valence-electron chi connectivity index (χ3n) is 5.00. The highest BCUT2D eigenvalue weighted by atomic mass is 19.1. The number of likely N-dealkylation sites (N-methyl/N-ethyl adjacent to an activating group) is 1. The van der Waals surface area contributed by atoms with E-state index in [1.807, 2.05) is 4.90 Å². The molecule has 0 aromatic heterocycles. The number of fused-ring (bicyclic) bond motifs is 1. The van der Waals surface area contributed by atoms with Gasteiger partial charge in [-0.15, -0.1) is 0 Å². The summed E-state index contributed by atoms with van der Waals surface area (Å²) in [7, 11) is 1.64. The second kappa shape index (κ2) is 6.56. The molecule has 4 rings (SSSR count). The van der Waals surface area contributed by atoms with Gasteiger partial charge in [0.05, 0.1) is 0 Å². The lowest BCUT2D eigenvalue weighted by Crippen LogP contribution is -2.64. The molecule has 3 aliphatic rings. The van der Waals surface area contributed by atoms with E-state index in [9.17, 15) is 14.0 Å². The number of amides is 3. The molecule has 0 bridgehead atoms. The number of imide groups is 1. The van der Waals surface area contributed by atoms with Crippen molar-refractivity contribution in [2.75, 3.05) is 33.2 Å². The summed E-state index contributed by atoms with van der Waals surface area (Å²) < 4.78 is 13.2. The van der Waals surface area contributed by atoms with Crippen LogP contribution in [0.1, 0.15) is 5.56 Å². The summed E-state index contributed by atoms with van der Waals surface area (Å²) in [5.74, 6) is 0.0569. The second-order valence-corrected chi connectivity index (χ2v) is 6.68. The molecule has 0 spiro atoms. The Morgan fingerprint density at radius 3 is 2.58 bits per heavy atom. The van der Waals surface area contributed by atoms with Crippen molar-refractivity contribution in [3.8, 4) is 0 Å². The van der Waals surface area contributed by atoms with Crippen LogP contribution >= 0.6 is 0 Å². The number of hydrogen-bond donors (Lipinski definition) is 2. The predicted molar refractivity (Wildman–Crippen MR) is 92.7 cm³/mol. The lowest BCUT2D eigenvalue weighted by molar-refractivity contribution is -0.127. The Hall–Kier alpha value is -2.68. The van der Waals surface area contributed by atoms with Gasteiger partial charge in [0.2, 0.25) is 0 Å². The van der Waals surface area contributed by atoms with E-state index in [0.29, 0.717) is 12.5 Å². The van der Waals surface area contributed by atoms with E-state index >= 15 is 0 Å². The Morgan fingerprint density at radius 2 is 1.88 bits per heavy atom. The van der Waals surface area contributed by atoms with E-state index in [4.69, 9.17) is 4.99 Å². The molecule has 3 amide bonds. The molecule has 0 radical (unpaired) electrons. The minimum absolute atomic E-state index is 0.301. The summed E-state index contributed by atoms with van der Waals surface area (Å²) in [5, 5.41) is 5.69. The highest BCUT2D eigenvalue weighted by Gasteiger charge is 2.49. The van der Waals surface area contributed by atoms with Crippen LogP contribution in [0.5, 0.6) is 0 Å². The van der Waals surface area contributed by atoms with Crippen LogP contribution in [0.2, 0.25) is 0 Å². The molecule has 0 saturated carbocycles. The van der Waals surface area contributed by atoms with Crippen molar-refractivity contribution in [1.82, 2.24) is 25.3 Å². The number of nitrogens with one attached hydrogen (secondary N) is 2. The molecule has 2 saturated heterocycles. The SMILES string of the molecule is CN1C(=O)NC(=O)C2C1N=C(N1CCNCC1)N2Cc1ccc(F)cc1. The van der Waals surface area contributed by atoms with Gasteiger partial charge in [-0.2, -0.15) is 0 Å². The average Bonchev–Trinajstić information content (AvgIpc) is 3.02. The lowest BCUT2D eigenvalue weighted by Gasteiger charge is -2.38. The molecule has 138 valence electrons. The van der Waals surface area contributed by atoms with Crippen LogP contribution in [-0.2, 0) is 11.3 Å². The first-order valence-corrected chi connectivity index (χ1v) is 8.67. The summed E-state index contributed by atoms with van der Waals surface area (Å²) in [6, 6.07) is 5.18. The summed E-state index contributed by atoms with van der Waals surface area (Å²) in [4.78, 5) is 34.7. The van der Waals surface area contributed by atoms with Crippen LogP contribution in [0.15, 0.2) is 29.3 Å². The molecule has 3 aliphatic heterocycles. The number of carbonyl (C=O) groups is 2. The van der Waals surface area contributed by atoms with Crippen molar-refractivity contribution in [2.45, 2.75) is 18.8 Å². The summed E-state index contributed by atoms with van der Waals surface area (Å²) in [5.41, 5.74) is 0.877. The largest absolute Gasteiger partial charge is 0.340 e. The van der Waals surface area contributed by atoms with Crippen molar-refractivity contribution < 1.29 is 14.0 Å². The molecule has 2 atom stereocenters. The Kier molecular flexibility index (Phi) is 4.23. The van der Waals surface area contributed by atoms with Crippen molar-refractivity contribution >= 4 is 17.9 Å². The fraction of sp³-hybridized carbons (Fsp3) is 0.471. The van der Waals surface area contributed by atoms with E-state index < -0.39 is 18.2 Å². The van der Waals surface area contributed by atoms with E-state index in [0.717, 1.165) is 31.7 Å². The van der Waals surface area contributed by atoms with Gasteiger partial charge in [-0.3, -0.25) is 10.1 Å². The number of benzene rings is 1. The number of hydrogen-bond acceptors (Lipinski definition) is 6. The highest BCUT2D eigenvalue weighted by molar-refractivity contribution is 6.03. The minimum atomic E-state index is -0.590. The zero-order valence-electron chi connectivity index (χ0n) is 14.5. The van der Waals surface area contributed by atoms with Gasteiger partial charge in [-0.05, 0) is 17.7 Å². The maximum atomic E-state index is 13.2. The van der Waals surface area contributed by atoms with Crippen molar-refractivity contribution in [3.63, 3.8) is 0 Å². The first kappa shape index (κ1) is 16.8. The standard InChI is InChI=1S/C17H21FN6O2/c1-22-14-13(15(25)21-17(22)26)24(10-11-2-4-12(18)5-3-11)16(20-14)23-8-6-19-7-9-23/h2-5,13-14,19H,6-10H2,1H3,(H,21,25,26). The van der Waals surface area contributed by atoms with E-state index in [-0.39, 0.29) is 11.7 Å². The zero-order chi connectivity index (χ0) is 18.3. The Bertz CT molecular complexity index is 746. The molecule has 2 unspecified atom stereocenters. The van der Waals surface area contributed by atoms with Gasteiger partial charge in [-0.1, -0.05) is 12.1 Å². The maximum Gasteiger partial charge on any atom is 0.325 e. The van der Waals surface area contributed by atoms with Crippen LogP contribution in [0.4, 0.5) is 9.18 Å². The van der Waals surface area contributed by atoms with Gasteiger partial charge in [0.1, 0.15) is 5.82 Å². The van der Waals surface area contributed by atoms with Gasteiger partial charge in [0, 0.05) is 39.8 Å². The molecule has 26 heavy (non-hydrogen) atoms. The van der Waals surface area contributed by atoms with E-state index in [2.05, 4.69) is 15.5 Å². The quantitative estimate of drug-likeness (QED) is 0.762. The Labute approximate surface area is 150 Å². The molecule has 8 nitrogen and oxygen atoms in total. The number of guanidine groups is 1. The molecule has 1 aromatic rings. The fourth-order valence-electron chi connectivity index (χ4n) is 3.60. The average molecular weight is 360 g/mol. The molecular weight excluding hydrogens is 339 g/mol. The molecule has 2 fully saturated rings. The number of rotatable bonds is 2. The number of aliphatic imine (C=N–C) groups is 1. The van der Waals surface area contributed by atoms with E-state index in [1.165, 1.54) is 17.0 Å². The second-order valence-electron chi connectivity index (χ2n) is 6.68. The normalized spacial score (nSPS) is 25.9. The molecule has 0 aliphatic carbocycles. The molecule has 9 heteroatoms. The molecule has 3 heterocycles. The van der Waals surface area contributed by atoms with Crippen LogP contribution < -0.4 is 10.6 Å². The fourth-order valence-corrected chi connectivity index (χ4v) is 3.60. The van der Waals surface area contributed by atoms with Gasteiger partial charge in [0.25, 0.3) is 5.91 Å². The summed E-state index contributed by atoms with van der Waals surface area (Å²) in [6.07, 6.45) is -0.554. The molecule has 2 N–H and O–H groups in total. The van der Waals surface area contributed by atoms with Crippen LogP contribution in [0.25, 0.3) is 0 Å². The number of urea groups is 1. The third-order valence-corrected chi connectivity index (χ3v) is 5.00. The van der Waals surface area contributed by atoms with Crippen molar-refractivity contribution in [2.24, 2.45) is 4.99 Å². The Balaban J connectivity index is 1.67. The monoisotopic (exact) mass is 360 g/mol. The lowest BCUT2D eigenvalue weighted by atomic mass is 10.1. The summed E-state index contributed by atoms with van der Waals surface area (Å²) >= 11 is 0. The van der Waals surface area contributed by atoms with Crippen molar-refractivity contribution in [3.05, 3.63) is 35.6 Å². The number of piperazine rings is 1. The third kappa shape index (κ3) is 2.88. The Morgan fingerprint density at radius 1 is 1.19 bits per heavy atom. The number of nitrogens with zero attached hydrogens (tertiary/aromatic N) is 4. The predicted octanol–water partition coefficient (Wildman–Crippen LogP) is -0.221. The van der Waals surface area contributed by atoms with Gasteiger partial charge < -0.3 is 20.0 Å². The number of carbonyl (C=O) groups excluding carboxylic acids is 2. The summed E-state index contributed by atoms with van der Waals surface area (Å²) in [6.45, 7) is 3.63. The van der Waals surface area contributed by atoms with Gasteiger partial charge in [0.15, 0.2) is 18.2 Å². The van der Waals surface area contributed by atoms with Crippen molar-refractivity contribution in [1.29, 1.82) is 0 Å². The highest BCUT2D eigenvalue weighted by Crippen LogP contribution is 2.27. The van der Waals surface area contributed by atoms with Gasteiger partial charge in [-0.25, -0.2) is 14.2 Å². The zero-order valence-corrected chi connectivity index (χ0v) is 14.5. The maximum absolute atomic E-state index is 13.2. The minimum Gasteiger partial charge on any atom is -0.340 e. The van der Waals surface area contributed by atoms with Gasteiger partial charge >= 0.3 is 6.03 Å². The van der Waals surface area contributed by atoms with Crippen LogP contribution in [0.3, 0.4) is 0 Å². The first-order valence-electron chi connectivity index (χ1n) is 8.67. The van der Waals surface area contributed by atoms with Crippen LogP contribution in [0, 0.1) is 5.82 Å². The topological polar surface area (TPSA) is 80.3 Å². The first-order chi connectivity index (χ1) is 12.5. The van der Waals surface area contributed by atoms with E-state index in [1.54, 1.807) is 19.2 Å². The molecular formula is C17H21FN6O2. The molecule has 1 aromatic carbocycles. The number of halogens is 1. The smallest absolute Gasteiger partial charge is 0.325 e. The van der Waals surface area contributed by atoms with Crippen LogP contribution in [-0.4, -0.2) is 78.0 Å².